The number of nitrogens with zero attached hydrogens (tertiary/aromatic N) is 1. The van der Waals surface area contributed by atoms with E-state index < -0.39 is 0 Å². The minimum atomic E-state index is 0.661. The molecule has 90 valence electrons. The first-order valence-corrected chi connectivity index (χ1v) is 6.86. The van der Waals surface area contributed by atoms with Gasteiger partial charge in [-0.1, -0.05) is 37.4 Å². The Morgan fingerprint density at radius 1 is 1.29 bits per heavy atom. The zero-order chi connectivity index (χ0) is 12.3. The fourth-order valence-electron chi connectivity index (χ4n) is 2.51. The van der Waals surface area contributed by atoms with Gasteiger partial charge < -0.3 is 0 Å². The second-order valence-electron chi connectivity index (χ2n) is 4.87. The Balaban J connectivity index is 2.17. The van der Waals surface area contributed by atoms with Gasteiger partial charge in [-0.15, -0.1) is 0 Å². The molecule has 0 amide bonds. The van der Waals surface area contributed by atoms with E-state index in [0.29, 0.717) is 10.9 Å². The number of halogens is 1. The fourth-order valence-corrected chi connectivity index (χ4v) is 2.84. The van der Waals surface area contributed by atoms with Gasteiger partial charge in [0.25, 0.3) is 0 Å². The first kappa shape index (κ1) is 12.8. The lowest BCUT2D eigenvalue weighted by Crippen LogP contribution is -2.10. The molecule has 2 rings (SSSR count). The summed E-state index contributed by atoms with van der Waals surface area (Å²) in [4.78, 5) is 3.94. The van der Waals surface area contributed by atoms with Crippen LogP contribution in [0.15, 0.2) is 23.2 Å². The van der Waals surface area contributed by atoms with Crippen molar-refractivity contribution in [3.63, 3.8) is 0 Å². The molecule has 1 aliphatic carbocycles. The molecule has 1 nitrogen and oxygen atoms in total. The number of thiocarbonyl (C=S) groups is 1. The number of benzene rings is 1. The number of hydrogen-bond acceptors (Lipinski definition) is 2. The van der Waals surface area contributed by atoms with Crippen LogP contribution in [0, 0.1) is 5.92 Å². The molecule has 0 aliphatic heterocycles. The molecule has 1 aliphatic rings. The third-order valence-corrected chi connectivity index (χ3v) is 4.02. The van der Waals surface area contributed by atoms with Crippen molar-refractivity contribution in [2.45, 2.75) is 38.5 Å². The lowest BCUT2D eigenvalue weighted by molar-refractivity contribution is 0.348. The van der Waals surface area contributed by atoms with Gasteiger partial charge in [0.15, 0.2) is 0 Å². The van der Waals surface area contributed by atoms with Crippen LogP contribution in [-0.4, -0.2) is 5.16 Å². The highest BCUT2D eigenvalue weighted by Crippen LogP contribution is 2.37. The molecule has 0 N–H and O–H groups in total. The van der Waals surface area contributed by atoms with Gasteiger partial charge >= 0.3 is 0 Å². The molecule has 0 radical (unpaired) electrons. The number of isothiocyanates is 1. The predicted molar refractivity (Wildman–Crippen MR) is 76.5 cm³/mol. The molecule has 0 saturated heterocycles. The van der Waals surface area contributed by atoms with Gasteiger partial charge in [0.05, 0.1) is 15.9 Å². The van der Waals surface area contributed by atoms with Gasteiger partial charge in [0, 0.05) is 0 Å². The van der Waals surface area contributed by atoms with E-state index in [4.69, 9.17) is 11.6 Å². The van der Waals surface area contributed by atoms with Crippen LogP contribution in [0.25, 0.3) is 0 Å². The Morgan fingerprint density at radius 3 is 2.59 bits per heavy atom. The highest BCUT2D eigenvalue weighted by molar-refractivity contribution is 7.78. The van der Waals surface area contributed by atoms with E-state index in [1.165, 1.54) is 31.2 Å². The normalized spacial score (nSPS) is 24.1. The summed E-state index contributed by atoms with van der Waals surface area (Å²) in [5.74, 6) is 1.54. The Bertz CT molecular complexity index is 444. The van der Waals surface area contributed by atoms with Gasteiger partial charge in [-0.25, -0.2) is 0 Å². The molecule has 0 atom stereocenters. The molecule has 1 saturated carbocycles. The minimum Gasteiger partial charge on any atom is -0.193 e. The average molecular weight is 266 g/mol. The predicted octanol–water partition coefficient (Wildman–Crippen LogP) is 5.37. The second kappa shape index (κ2) is 5.77. The summed E-state index contributed by atoms with van der Waals surface area (Å²) in [6.45, 7) is 2.33. The van der Waals surface area contributed by atoms with Crippen LogP contribution in [0.3, 0.4) is 0 Å². The van der Waals surface area contributed by atoms with Gasteiger partial charge in [-0.2, -0.15) is 4.99 Å². The molecule has 17 heavy (non-hydrogen) atoms. The van der Waals surface area contributed by atoms with Crippen molar-refractivity contribution in [3.05, 3.63) is 28.8 Å². The maximum absolute atomic E-state index is 6.18. The third-order valence-electron chi connectivity index (χ3n) is 3.63. The van der Waals surface area contributed by atoms with Gasteiger partial charge in [0.1, 0.15) is 0 Å². The molecule has 1 aromatic carbocycles. The Hall–Kier alpha value is -0.690. The van der Waals surface area contributed by atoms with Crippen molar-refractivity contribution >= 4 is 34.7 Å². The molecule has 0 bridgehead atoms. The molecule has 0 spiro atoms. The SMILES string of the molecule is CC1CCC(c2ccc(N=C=S)c(Cl)c2)CC1. The van der Waals surface area contributed by atoms with Gasteiger partial charge in [-0.05, 0) is 54.6 Å². The van der Waals surface area contributed by atoms with E-state index >= 15 is 0 Å². The molecule has 0 unspecified atom stereocenters. The smallest absolute Gasteiger partial charge is 0.0925 e. The summed E-state index contributed by atoms with van der Waals surface area (Å²) in [6.07, 6.45) is 5.19. The monoisotopic (exact) mass is 265 g/mol. The zero-order valence-electron chi connectivity index (χ0n) is 9.95. The third kappa shape index (κ3) is 3.16. The maximum atomic E-state index is 6.18. The van der Waals surface area contributed by atoms with Gasteiger partial charge in [-0.3, -0.25) is 0 Å². The summed E-state index contributed by atoms with van der Waals surface area (Å²) in [7, 11) is 0. The number of rotatable bonds is 2. The molecular formula is C14H16ClNS. The van der Waals surface area contributed by atoms with Gasteiger partial charge in [0.2, 0.25) is 0 Å². The lowest BCUT2D eigenvalue weighted by atomic mass is 9.79. The van der Waals surface area contributed by atoms with Crippen LogP contribution in [-0.2, 0) is 0 Å². The van der Waals surface area contributed by atoms with E-state index in [-0.39, 0.29) is 0 Å². The van der Waals surface area contributed by atoms with Crippen LogP contribution in [0.5, 0.6) is 0 Å². The van der Waals surface area contributed by atoms with Crippen LogP contribution >= 0.6 is 23.8 Å². The highest BCUT2D eigenvalue weighted by Gasteiger charge is 2.20. The molecular weight excluding hydrogens is 250 g/mol. The van der Waals surface area contributed by atoms with E-state index in [9.17, 15) is 0 Å². The quantitative estimate of drug-likeness (QED) is 0.517. The van der Waals surface area contributed by atoms with Crippen molar-refractivity contribution in [1.82, 2.24) is 0 Å². The van der Waals surface area contributed by atoms with Crippen molar-refractivity contribution in [1.29, 1.82) is 0 Å². The molecule has 0 aromatic heterocycles. The summed E-state index contributed by atoms with van der Waals surface area (Å²) in [5.41, 5.74) is 2.06. The van der Waals surface area contributed by atoms with E-state index in [1.807, 2.05) is 12.1 Å². The van der Waals surface area contributed by atoms with Crippen LogP contribution < -0.4 is 0 Å². The van der Waals surface area contributed by atoms with Crippen molar-refractivity contribution in [3.8, 4) is 0 Å². The Labute approximate surface area is 113 Å². The topological polar surface area (TPSA) is 12.4 Å². The largest absolute Gasteiger partial charge is 0.193 e. The van der Waals surface area contributed by atoms with Crippen molar-refractivity contribution < 1.29 is 0 Å². The van der Waals surface area contributed by atoms with E-state index in [1.54, 1.807) is 0 Å². The van der Waals surface area contributed by atoms with Crippen LogP contribution in [0.1, 0.15) is 44.1 Å². The number of hydrogen-bond donors (Lipinski definition) is 0. The van der Waals surface area contributed by atoms with Crippen LogP contribution in [0.4, 0.5) is 5.69 Å². The lowest BCUT2D eigenvalue weighted by Gasteiger charge is -2.26. The van der Waals surface area contributed by atoms with Crippen molar-refractivity contribution in [2.75, 3.05) is 0 Å². The summed E-state index contributed by atoms with van der Waals surface area (Å²) < 4.78 is 0. The molecule has 1 aromatic rings. The Kier molecular flexibility index (Phi) is 4.33. The first-order chi connectivity index (χ1) is 8.20. The maximum Gasteiger partial charge on any atom is 0.0925 e. The van der Waals surface area contributed by atoms with E-state index in [2.05, 4.69) is 35.4 Å². The minimum absolute atomic E-state index is 0.661. The average Bonchev–Trinajstić information content (AvgIpc) is 2.33. The zero-order valence-corrected chi connectivity index (χ0v) is 11.5. The highest BCUT2D eigenvalue weighted by atomic mass is 35.5. The molecule has 3 heteroatoms. The molecule has 0 heterocycles. The van der Waals surface area contributed by atoms with E-state index in [0.717, 1.165) is 11.6 Å². The summed E-state index contributed by atoms with van der Waals surface area (Å²) in [6, 6.07) is 6.10. The second-order valence-corrected chi connectivity index (χ2v) is 5.46. The van der Waals surface area contributed by atoms with Crippen LogP contribution in [0.2, 0.25) is 5.02 Å². The van der Waals surface area contributed by atoms with Crippen molar-refractivity contribution in [2.24, 2.45) is 10.9 Å². The summed E-state index contributed by atoms with van der Waals surface area (Å²) >= 11 is 10.8. The fraction of sp³-hybridized carbons (Fsp3) is 0.500. The summed E-state index contributed by atoms with van der Waals surface area (Å²) in [5, 5.41) is 3.03. The standard InChI is InChI=1S/C14H16ClNS/c1-10-2-4-11(5-3-10)12-6-7-14(16-9-17)13(15)8-12/h6-8,10-11H,2-5H2,1H3. The Morgan fingerprint density at radius 2 is 2.00 bits per heavy atom. The number of aliphatic imine (C=N–C) groups is 1. The molecule has 1 fully saturated rings. The first-order valence-electron chi connectivity index (χ1n) is 6.08.